The molecular weight excluding hydrogens is 186 g/mol. The zero-order chi connectivity index (χ0) is 11.4. The number of nitrogens with zero attached hydrogens (tertiary/aromatic N) is 1. The van der Waals surface area contributed by atoms with Gasteiger partial charge in [-0.25, -0.2) is 0 Å². The van der Waals surface area contributed by atoms with E-state index in [4.69, 9.17) is 5.73 Å². The van der Waals surface area contributed by atoms with Gasteiger partial charge in [-0.2, -0.15) is 0 Å². The lowest BCUT2D eigenvalue weighted by molar-refractivity contribution is 0.833. The SMILES string of the molecule is Cc1ccc(NC(N)=NC(C)C)cc1C. The number of nitrogens with one attached hydrogen (secondary N) is 1. The van der Waals surface area contributed by atoms with Crippen LogP contribution in [0, 0.1) is 13.8 Å². The van der Waals surface area contributed by atoms with E-state index >= 15 is 0 Å². The van der Waals surface area contributed by atoms with E-state index in [1.54, 1.807) is 0 Å². The maximum atomic E-state index is 5.73. The number of rotatable bonds is 2. The van der Waals surface area contributed by atoms with Gasteiger partial charge in [0.2, 0.25) is 0 Å². The molecule has 0 aliphatic heterocycles. The van der Waals surface area contributed by atoms with Gasteiger partial charge in [0.25, 0.3) is 0 Å². The average molecular weight is 205 g/mol. The maximum absolute atomic E-state index is 5.73. The van der Waals surface area contributed by atoms with Crippen LogP contribution in [0.3, 0.4) is 0 Å². The molecule has 3 nitrogen and oxygen atoms in total. The van der Waals surface area contributed by atoms with Gasteiger partial charge < -0.3 is 11.1 Å². The molecule has 0 radical (unpaired) electrons. The van der Waals surface area contributed by atoms with Crippen LogP contribution in [0.1, 0.15) is 25.0 Å². The predicted octanol–water partition coefficient (Wildman–Crippen LogP) is 2.44. The maximum Gasteiger partial charge on any atom is 0.193 e. The highest BCUT2D eigenvalue weighted by Crippen LogP contribution is 2.13. The molecule has 3 heteroatoms. The van der Waals surface area contributed by atoms with E-state index in [2.05, 4.69) is 36.3 Å². The summed E-state index contributed by atoms with van der Waals surface area (Å²) in [6.45, 7) is 8.16. The van der Waals surface area contributed by atoms with Gasteiger partial charge in [-0.15, -0.1) is 0 Å². The number of nitrogens with two attached hydrogens (primary N) is 1. The highest BCUT2D eigenvalue weighted by atomic mass is 15.1. The minimum absolute atomic E-state index is 0.212. The number of benzene rings is 1. The smallest absolute Gasteiger partial charge is 0.193 e. The van der Waals surface area contributed by atoms with Crippen molar-refractivity contribution in [3.05, 3.63) is 29.3 Å². The predicted molar refractivity (Wildman–Crippen MR) is 66.3 cm³/mol. The Morgan fingerprint density at radius 1 is 1.27 bits per heavy atom. The summed E-state index contributed by atoms with van der Waals surface area (Å²) in [5.74, 6) is 0.466. The normalized spacial score (nSPS) is 11.9. The Morgan fingerprint density at radius 3 is 2.47 bits per heavy atom. The zero-order valence-corrected chi connectivity index (χ0v) is 9.83. The fourth-order valence-corrected chi connectivity index (χ4v) is 1.28. The summed E-state index contributed by atoms with van der Waals surface area (Å²) < 4.78 is 0. The summed E-state index contributed by atoms with van der Waals surface area (Å²) in [5, 5.41) is 3.07. The molecule has 82 valence electrons. The Labute approximate surface area is 91.4 Å². The van der Waals surface area contributed by atoms with Crippen LogP contribution in [0.2, 0.25) is 0 Å². The van der Waals surface area contributed by atoms with Crippen molar-refractivity contribution in [3.63, 3.8) is 0 Å². The fourth-order valence-electron chi connectivity index (χ4n) is 1.28. The van der Waals surface area contributed by atoms with E-state index in [1.807, 2.05) is 19.9 Å². The summed E-state index contributed by atoms with van der Waals surface area (Å²) >= 11 is 0. The Bertz CT molecular complexity index is 367. The van der Waals surface area contributed by atoms with Crippen LogP contribution in [0.25, 0.3) is 0 Å². The Hall–Kier alpha value is -1.51. The van der Waals surface area contributed by atoms with E-state index in [0.717, 1.165) is 5.69 Å². The molecule has 1 aromatic rings. The molecular formula is C12H19N3. The third kappa shape index (κ3) is 3.62. The summed E-state index contributed by atoms with van der Waals surface area (Å²) in [6.07, 6.45) is 0. The Balaban J connectivity index is 2.77. The lowest BCUT2D eigenvalue weighted by atomic mass is 10.1. The second-order valence-corrected chi connectivity index (χ2v) is 4.03. The third-order valence-electron chi connectivity index (χ3n) is 2.18. The third-order valence-corrected chi connectivity index (χ3v) is 2.18. The molecule has 0 unspecified atom stereocenters. The minimum Gasteiger partial charge on any atom is -0.370 e. The van der Waals surface area contributed by atoms with Crippen LogP contribution >= 0.6 is 0 Å². The summed E-state index contributed by atoms with van der Waals surface area (Å²) in [7, 11) is 0. The topological polar surface area (TPSA) is 50.4 Å². The standard InChI is InChI=1S/C12H19N3/c1-8(2)14-12(13)15-11-6-5-9(3)10(4)7-11/h5-8H,1-4H3,(H3,13,14,15). The van der Waals surface area contributed by atoms with Crippen molar-refractivity contribution < 1.29 is 0 Å². The first-order chi connectivity index (χ1) is 6.99. The highest BCUT2D eigenvalue weighted by molar-refractivity contribution is 5.92. The summed E-state index contributed by atoms with van der Waals surface area (Å²) in [4.78, 5) is 4.21. The number of aryl methyl sites for hydroxylation is 2. The van der Waals surface area contributed by atoms with Gasteiger partial charge in [0.05, 0.1) is 0 Å². The van der Waals surface area contributed by atoms with Gasteiger partial charge in [0, 0.05) is 11.7 Å². The van der Waals surface area contributed by atoms with Gasteiger partial charge in [-0.1, -0.05) is 6.07 Å². The second-order valence-electron chi connectivity index (χ2n) is 4.03. The first-order valence-corrected chi connectivity index (χ1v) is 5.16. The lowest BCUT2D eigenvalue weighted by Gasteiger charge is -2.08. The number of hydrogen-bond acceptors (Lipinski definition) is 1. The van der Waals surface area contributed by atoms with Gasteiger partial charge in [0.1, 0.15) is 0 Å². The molecule has 1 aromatic carbocycles. The Kier molecular flexibility index (Phi) is 3.72. The summed E-state index contributed by atoms with van der Waals surface area (Å²) in [6, 6.07) is 6.35. The van der Waals surface area contributed by atoms with Crippen molar-refractivity contribution in [2.45, 2.75) is 33.7 Å². The van der Waals surface area contributed by atoms with E-state index in [-0.39, 0.29) is 6.04 Å². The number of guanidine groups is 1. The molecule has 0 heterocycles. The molecule has 0 saturated carbocycles. The van der Waals surface area contributed by atoms with E-state index < -0.39 is 0 Å². The van der Waals surface area contributed by atoms with E-state index in [1.165, 1.54) is 11.1 Å². The van der Waals surface area contributed by atoms with Crippen molar-refractivity contribution in [1.29, 1.82) is 0 Å². The molecule has 0 aromatic heterocycles. The van der Waals surface area contributed by atoms with Crippen LogP contribution in [0.5, 0.6) is 0 Å². The molecule has 0 aliphatic rings. The van der Waals surface area contributed by atoms with Crippen LogP contribution in [0.15, 0.2) is 23.2 Å². The highest BCUT2D eigenvalue weighted by Gasteiger charge is 1.98. The quantitative estimate of drug-likeness (QED) is 0.575. The molecule has 0 atom stereocenters. The molecule has 0 bridgehead atoms. The van der Waals surface area contributed by atoms with Crippen molar-refractivity contribution in [1.82, 2.24) is 0 Å². The minimum atomic E-state index is 0.212. The lowest BCUT2D eigenvalue weighted by Crippen LogP contribution is -2.23. The largest absolute Gasteiger partial charge is 0.370 e. The van der Waals surface area contributed by atoms with Crippen LogP contribution in [0.4, 0.5) is 5.69 Å². The number of aliphatic imine (C=N–C) groups is 1. The molecule has 0 fully saturated rings. The molecule has 0 aliphatic carbocycles. The molecule has 1 rings (SSSR count). The zero-order valence-electron chi connectivity index (χ0n) is 9.83. The van der Waals surface area contributed by atoms with E-state index in [0.29, 0.717) is 5.96 Å². The first kappa shape index (κ1) is 11.6. The van der Waals surface area contributed by atoms with Gasteiger partial charge in [-0.05, 0) is 51.0 Å². The van der Waals surface area contributed by atoms with Crippen molar-refractivity contribution in [2.24, 2.45) is 10.7 Å². The number of hydrogen-bond donors (Lipinski definition) is 2. The monoisotopic (exact) mass is 205 g/mol. The first-order valence-electron chi connectivity index (χ1n) is 5.16. The molecule has 15 heavy (non-hydrogen) atoms. The fraction of sp³-hybridized carbons (Fsp3) is 0.417. The van der Waals surface area contributed by atoms with Crippen LogP contribution in [-0.4, -0.2) is 12.0 Å². The van der Waals surface area contributed by atoms with Crippen LogP contribution in [-0.2, 0) is 0 Å². The Morgan fingerprint density at radius 2 is 1.93 bits per heavy atom. The molecule has 0 spiro atoms. The van der Waals surface area contributed by atoms with Crippen LogP contribution < -0.4 is 11.1 Å². The number of anilines is 1. The molecule has 0 saturated heterocycles. The van der Waals surface area contributed by atoms with Gasteiger partial charge >= 0.3 is 0 Å². The second kappa shape index (κ2) is 4.82. The summed E-state index contributed by atoms with van der Waals surface area (Å²) in [5.41, 5.74) is 9.25. The van der Waals surface area contributed by atoms with Gasteiger partial charge in [0.15, 0.2) is 5.96 Å². The molecule has 0 amide bonds. The van der Waals surface area contributed by atoms with E-state index in [9.17, 15) is 0 Å². The van der Waals surface area contributed by atoms with Crippen molar-refractivity contribution in [3.8, 4) is 0 Å². The van der Waals surface area contributed by atoms with Gasteiger partial charge in [-0.3, -0.25) is 4.99 Å². The molecule has 3 N–H and O–H groups in total. The van der Waals surface area contributed by atoms with Crippen molar-refractivity contribution in [2.75, 3.05) is 5.32 Å². The van der Waals surface area contributed by atoms with Crippen molar-refractivity contribution >= 4 is 11.6 Å². The average Bonchev–Trinajstić information content (AvgIpc) is 2.10.